The van der Waals surface area contributed by atoms with Crippen molar-refractivity contribution in [3.8, 4) is 17.4 Å². The molecule has 10 heteroatoms. The first-order valence-electron chi connectivity index (χ1n) is 9.24. The van der Waals surface area contributed by atoms with E-state index in [1.165, 1.54) is 6.07 Å². The van der Waals surface area contributed by atoms with Gasteiger partial charge in [-0.15, -0.1) is 10.2 Å². The van der Waals surface area contributed by atoms with Gasteiger partial charge in [-0.1, -0.05) is 12.1 Å². The van der Waals surface area contributed by atoms with Crippen LogP contribution in [0.3, 0.4) is 0 Å². The third-order valence-electron chi connectivity index (χ3n) is 4.31. The van der Waals surface area contributed by atoms with Crippen LogP contribution in [0.2, 0.25) is 0 Å². The first kappa shape index (κ1) is 21.0. The second kappa shape index (κ2) is 8.48. The van der Waals surface area contributed by atoms with E-state index in [0.29, 0.717) is 27.6 Å². The van der Waals surface area contributed by atoms with Crippen molar-refractivity contribution in [2.45, 2.75) is 18.7 Å². The summed E-state index contributed by atoms with van der Waals surface area (Å²) in [7, 11) is -3.72. The quantitative estimate of drug-likeness (QED) is 0.415. The summed E-state index contributed by atoms with van der Waals surface area (Å²) in [5.41, 5.74) is 2.27. The Labute approximate surface area is 188 Å². The molecule has 158 valence electrons. The fourth-order valence-corrected chi connectivity index (χ4v) is 4.99. The molecule has 0 saturated carbocycles. The number of nitrogens with one attached hydrogen (secondary N) is 1. The maximum atomic E-state index is 12.6. The lowest BCUT2D eigenvalue weighted by atomic mass is 10.3. The van der Waals surface area contributed by atoms with Crippen LogP contribution in [-0.4, -0.2) is 28.4 Å². The van der Waals surface area contributed by atoms with Crippen molar-refractivity contribution in [3.05, 3.63) is 82.6 Å². The number of aromatic nitrogens is 4. The molecule has 0 unspecified atom stereocenters. The summed E-state index contributed by atoms with van der Waals surface area (Å²) in [6.45, 7) is 3.86. The highest BCUT2D eigenvalue weighted by atomic mass is 79.9. The molecule has 0 atom stereocenters. The Morgan fingerprint density at radius 2 is 1.71 bits per heavy atom. The van der Waals surface area contributed by atoms with E-state index in [0.717, 1.165) is 11.4 Å². The molecule has 8 nitrogen and oxygen atoms in total. The minimum absolute atomic E-state index is 0.160. The highest BCUT2D eigenvalue weighted by Gasteiger charge is 2.17. The number of rotatable bonds is 6. The smallest absolute Gasteiger partial charge is 0.263 e. The number of anilines is 1. The Balaban J connectivity index is 1.45. The molecule has 0 saturated heterocycles. The molecule has 2 heterocycles. The maximum Gasteiger partial charge on any atom is 0.263 e. The van der Waals surface area contributed by atoms with Crippen molar-refractivity contribution in [1.29, 1.82) is 0 Å². The fraction of sp³-hybridized carbons (Fsp3) is 0.0952. The molecular weight excluding hydrogens is 482 g/mol. The average Bonchev–Trinajstić information content (AvgIpc) is 3.08. The molecule has 0 aliphatic heterocycles. The van der Waals surface area contributed by atoms with Gasteiger partial charge in [0.25, 0.3) is 10.0 Å². The number of aryl methyl sites for hydroxylation is 2. The monoisotopic (exact) mass is 499 g/mol. The highest BCUT2D eigenvalue weighted by Crippen LogP contribution is 2.26. The summed E-state index contributed by atoms with van der Waals surface area (Å²) in [4.78, 5) is 0.160. The van der Waals surface area contributed by atoms with Gasteiger partial charge in [-0.05, 0) is 78.3 Å². The lowest BCUT2D eigenvalue weighted by molar-refractivity contribution is 0.454. The molecule has 0 amide bonds. The van der Waals surface area contributed by atoms with E-state index in [1.807, 2.05) is 19.9 Å². The molecule has 0 aliphatic rings. The first-order valence-corrected chi connectivity index (χ1v) is 11.5. The average molecular weight is 500 g/mol. The standard InChI is InChI=1S/C21H18BrN5O3S/c1-14-13-15(2)27(25-14)20-11-12-21(24-23-20)30-17-9-7-16(8-10-17)26-31(28,29)19-6-4-3-5-18(19)22/h3-13,26H,1-2H3. The van der Waals surface area contributed by atoms with Gasteiger partial charge in [0.2, 0.25) is 5.88 Å². The first-order chi connectivity index (χ1) is 14.8. The molecule has 2 aromatic heterocycles. The Bertz CT molecular complexity index is 1320. The molecule has 4 rings (SSSR count). The third kappa shape index (κ3) is 4.75. The molecular formula is C21H18BrN5O3S. The van der Waals surface area contributed by atoms with E-state index in [9.17, 15) is 8.42 Å². The molecule has 0 aliphatic carbocycles. The maximum absolute atomic E-state index is 12.6. The van der Waals surface area contributed by atoms with Gasteiger partial charge in [-0.25, -0.2) is 13.1 Å². The van der Waals surface area contributed by atoms with Gasteiger partial charge in [-0.2, -0.15) is 5.10 Å². The SMILES string of the molecule is Cc1cc(C)n(-c2ccc(Oc3ccc(NS(=O)(=O)c4ccccc4Br)cc3)nn2)n1. The van der Waals surface area contributed by atoms with Gasteiger partial charge in [0.15, 0.2) is 5.82 Å². The van der Waals surface area contributed by atoms with Crippen LogP contribution in [0.5, 0.6) is 11.6 Å². The Morgan fingerprint density at radius 3 is 2.32 bits per heavy atom. The van der Waals surface area contributed by atoms with Crippen molar-refractivity contribution in [3.63, 3.8) is 0 Å². The van der Waals surface area contributed by atoms with Crippen LogP contribution >= 0.6 is 15.9 Å². The predicted octanol–water partition coefficient (Wildman–Crippen LogP) is 4.63. The van der Waals surface area contributed by atoms with Crippen molar-refractivity contribution in [2.24, 2.45) is 0 Å². The van der Waals surface area contributed by atoms with Crippen LogP contribution in [0.4, 0.5) is 5.69 Å². The van der Waals surface area contributed by atoms with Crippen LogP contribution in [0.25, 0.3) is 5.82 Å². The summed E-state index contributed by atoms with van der Waals surface area (Å²) < 4.78 is 35.6. The predicted molar refractivity (Wildman–Crippen MR) is 120 cm³/mol. The Hall–Kier alpha value is -3.24. The van der Waals surface area contributed by atoms with Crippen LogP contribution in [0.1, 0.15) is 11.4 Å². The van der Waals surface area contributed by atoms with Crippen LogP contribution in [-0.2, 0) is 10.0 Å². The van der Waals surface area contributed by atoms with E-state index in [-0.39, 0.29) is 4.90 Å². The number of sulfonamides is 1. The number of hydrogen-bond donors (Lipinski definition) is 1. The number of hydrogen-bond acceptors (Lipinski definition) is 6. The van der Waals surface area contributed by atoms with E-state index in [2.05, 4.69) is 35.9 Å². The molecule has 4 aromatic rings. The van der Waals surface area contributed by atoms with Gasteiger partial charge < -0.3 is 4.74 Å². The summed E-state index contributed by atoms with van der Waals surface area (Å²) in [5, 5.41) is 12.6. The highest BCUT2D eigenvalue weighted by molar-refractivity contribution is 9.10. The lowest BCUT2D eigenvalue weighted by Crippen LogP contribution is -2.13. The third-order valence-corrected chi connectivity index (χ3v) is 6.70. The van der Waals surface area contributed by atoms with Gasteiger partial charge in [0.1, 0.15) is 10.6 Å². The Morgan fingerprint density at radius 1 is 0.968 bits per heavy atom. The zero-order valence-corrected chi connectivity index (χ0v) is 19.1. The lowest BCUT2D eigenvalue weighted by Gasteiger charge is -2.10. The van der Waals surface area contributed by atoms with Crippen molar-refractivity contribution >= 4 is 31.6 Å². The molecule has 0 radical (unpaired) electrons. The summed E-state index contributed by atoms with van der Waals surface area (Å²) >= 11 is 3.26. The van der Waals surface area contributed by atoms with Gasteiger partial charge >= 0.3 is 0 Å². The van der Waals surface area contributed by atoms with E-state index < -0.39 is 10.0 Å². The number of ether oxygens (including phenoxy) is 1. The molecule has 0 spiro atoms. The van der Waals surface area contributed by atoms with Gasteiger partial charge in [0.05, 0.1) is 5.69 Å². The largest absolute Gasteiger partial charge is 0.438 e. The van der Waals surface area contributed by atoms with Crippen molar-refractivity contribution in [1.82, 2.24) is 20.0 Å². The summed E-state index contributed by atoms with van der Waals surface area (Å²) in [5.74, 6) is 1.40. The topological polar surface area (TPSA) is 99.0 Å². The second-order valence-corrected chi connectivity index (χ2v) is 9.24. The summed E-state index contributed by atoms with van der Waals surface area (Å²) in [6, 6.07) is 18.6. The molecule has 2 aromatic carbocycles. The Kier molecular flexibility index (Phi) is 5.75. The number of halogens is 1. The molecule has 31 heavy (non-hydrogen) atoms. The van der Waals surface area contributed by atoms with Gasteiger partial charge in [0, 0.05) is 21.9 Å². The second-order valence-electron chi connectivity index (χ2n) is 6.73. The molecule has 0 fully saturated rings. The van der Waals surface area contributed by atoms with E-state index in [4.69, 9.17) is 4.74 Å². The number of benzene rings is 2. The van der Waals surface area contributed by atoms with Gasteiger partial charge in [-0.3, -0.25) is 4.72 Å². The zero-order valence-electron chi connectivity index (χ0n) is 16.7. The molecule has 1 N–H and O–H groups in total. The van der Waals surface area contributed by atoms with Crippen LogP contribution in [0, 0.1) is 13.8 Å². The van der Waals surface area contributed by atoms with Crippen LogP contribution in [0.15, 0.2) is 76.1 Å². The van der Waals surface area contributed by atoms with E-state index in [1.54, 1.807) is 59.3 Å². The minimum atomic E-state index is -3.72. The number of nitrogens with zero attached hydrogens (tertiary/aromatic N) is 4. The zero-order chi connectivity index (χ0) is 22.0. The minimum Gasteiger partial charge on any atom is -0.438 e. The van der Waals surface area contributed by atoms with Crippen LogP contribution < -0.4 is 9.46 Å². The normalized spacial score (nSPS) is 11.3. The van der Waals surface area contributed by atoms with Crippen molar-refractivity contribution < 1.29 is 13.2 Å². The molecule has 0 bridgehead atoms. The van der Waals surface area contributed by atoms with Crippen molar-refractivity contribution in [2.75, 3.05) is 4.72 Å². The van der Waals surface area contributed by atoms with E-state index >= 15 is 0 Å². The summed E-state index contributed by atoms with van der Waals surface area (Å²) in [6.07, 6.45) is 0. The fourth-order valence-electron chi connectivity index (χ4n) is 2.93.